The van der Waals surface area contributed by atoms with Gasteiger partial charge in [-0.2, -0.15) is 0 Å². The van der Waals surface area contributed by atoms with Gasteiger partial charge in [-0.25, -0.2) is 8.42 Å². The monoisotopic (exact) mass is 387 g/mol. The highest BCUT2D eigenvalue weighted by molar-refractivity contribution is 7.85. The highest BCUT2D eigenvalue weighted by Crippen LogP contribution is 2.14. The average molecular weight is 388 g/mol. The van der Waals surface area contributed by atoms with E-state index in [9.17, 15) is 13.0 Å². The summed E-state index contributed by atoms with van der Waals surface area (Å²) in [7, 11) is -4.31. The molecule has 0 unspecified atom stereocenters. The second kappa shape index (κ2) is 16.2. The first-order chi connectivity index (χ1) is 12.5. The molecule has 26 heavy (non-hydrogen) atoms. The molecule has 6 heteroatoms. The van der Waals surface area contributed by atoms with E-state index >= 15 is 0 Å². The van der Waals surface area contributed by atoms with Gasteiger partial charge in [-0.3, -0.25) is 0 Å². The van der Waals surface area contributed by atoms with Crippen molar-refractivity contribution in [1.82, 2.24) is 0 Å². The topological polar surface area (TPSA) is 105 Å². The van der Waals surface area contributed by atoms with Gasteiger partial charge in [0.1, 0.15) is 10.1 Å². The Balaban J connectivity index is 0.00000141. The first kappa shape index (κ1) is 25.1. The number of hydrogen-bond acceptors (Lipinski definition) is 4. The molecule has 0 bridgehead atoms. The van der Waals surface area contributed by atoms with Gasteiger partial charge in [-0.05, 0) is 30.5 Å². The molecule has 0 amide bonds. The molecule has 0 atom stereocenters. The van der Waals surface area contributed by atoms with Gasteiger partial charge in [-0.15, -0.1) is 0 Å². The number of quaternary nitrogens is 1. The molecule has 0 radical (unpaired) electrons. The Morgan fingerprint density at radius 2 is 1.31 bits per heavy atom. The second-order valence-corrected chi connectivity index (χ2v) is 7.99. The van der Waals surface area contributed by atoms with Crippen molar-refractivity contribution in [3.05, 3.63) is 29.8 Å². The number of aliphatic hydroxyl groups excluding tert-OH is 1. The maximum atomic E-state index is 10.8. The van der Waals surface area contributed by atoms with E-state index in [0.29, 0.717) is 6.54 Å². The molecule has 0 heterocycles. The third kappa shape index (κ3) is 14.2. The van der Waals surface area contributed by atoms with Crippen molar-refractivity contribution in [3.63, 3.8) is 0 Å². The SMILES string of the molecule is CCCCCCCCCCCCc1ccc(S(=O)(=O)[O-])cc1.[NH3+]CCO. The number of rotatable bonds is 13. The summed E-state index contributed by atoms with van der Waals surface area (Å²) < 4.78 is 32.5. The van der Waals surface area contributed by atoms with Crippen LogP contribution >= 0.6 is 0 Å². The van der Waals surface area contributed by atoms with E-state index in [1.165, 1.54) is 69.9 Å². The molecule has 1 aromatic rings. The number of aryl methyl sites for hydroxylation is 1. The third-order valence-corrected chi connectivity index (χ3v) is 5.04. The lowest BCUT2D eigenvalue weighted by molar-refractivity contribution is -0.372. The van der Waals surface area contributed by atoms with Gasteiger partial charge in [0.2, 0.25) is 0 Å². The summed E-state index contributed by atoms with van der Waals surface area (Å²) in [6.07, 6.45) is 14.0. The molecule has 4 N–H and O–H groups in total. The van der Waals surface area contributed by atoms with Crippen LogP contribution in [0.4, 0.5) is 0 Å². The van der Waals surface area contributed by atoms with Gasteiger partial charge in [-0.1, -0.05) is 76.8 Å². The molecule has 0 saturated carbocycles. The standard InChI is InChI=1S/C18H30O3S.C2H7NO/c1-2-3-4-5-6-7-8-9-10-11-12-17-13-15-18(16-14-17)22(19,20)21;3-1-2-4/h13-16H,2-12H2,1H3,(H,19,20,21);4H,1-3H2. The molecule has 0 fully saturated rings. The summed E-state index contributed by atoms with van der Waals surface area (Å²) in [6.45, 7) is 3.08. The highest BCUT2D eigenvalue weighted by atomic mass is 32.2. The zero-order chi connectivity index (χ0) is 19.7. The van der Waals surface area contributed by atoms with Crippen LogP contribution in [0.2, 0.25) is 0 Å². The van der Waals surface area contributed by atoms with Crippen molar-refractivity contribution in [2.45, 2.75) is 82.4 Å². The molecule has 1 rings (SSSR count). The first-order valence-corrected chi connectivity index (χ1v) is 11.3. The molecule has 0 saturated heterocycles. The van der Waals surface area contributed by atoms with E-state index < -0.39 is 10.1 Å². The zero-order valence-electron chi connectivity index (χ0n) is 16.3. The molecule has 0 aromatic heterocycles. The van der Waals surface area contributed by atoms with Gasteiger partial charge in [0.05, 0.1) is 18.0 Å². The molecular formula is C20H37NO4S. The lowest BCUT2D eigenvalue weighted by atomic mass is 10.0. The second-order valence-electron chi connectivity index (χ2n) is 6.61. The van der Waals surface area contributed by atoms with E-state index in [1.54, 1.807) is 12.1 Å². The van der Waals surface area contributed by atoms with Crippen LogP contribution < -0.4 is 5.73 Å². The Morgan fingerprint density at radius 3 is 1.69 bits per heavy atom. The summed E-state index contributed by atoms with van der Waals surface area (Å²) in [5.41, 5.74) is 4.46. The maximum Gasteiger partial charge on any atom is 0.124 e. The maximum absolute atomic E-state index is 10.8. The Hall–Kier alpha value is -0.950. The van der Waals surface area contributed by atoms with Crippen molar-refractivity contribution in [2.24, 2.45) is 0 Å². The number of hydrogen-bond donors (Lipinski definition) is 2. The van der Waals surface area contributed by atoms with Crippen molar-refractivity contribution in [3.8, 4) is 0 Å². The van der Waals surface area contributed by atoms with Gasteiger partial charge < -0.3 is 15.4 Å². The van der Waals surface area contributed by atoms with Crippen LogP contribution in [0.3, 0.4) is 0 Å². The van der Waals surface area contributed by atoms with Crippen molar-refractivity contribution in [1.29, 1.82) is 0 Å². The van der Waals surface area contributed by atoms with Crippen molar-refractivity contribution in [2.75, 3.05) is 13.2 Å². The first-order valence-electron chi connectivity index (χ1n) is 9.90. The number of benzene rings is 1. The Labute approximate surface area is 159 Å². The fraction of sp³-hybridized carbons (Fsp3) is 0.700. The Kier molecular flexibility index (Phi) is 15.6. The smallest absolute Gasteiger partial charge is 0.124 e. The van der Waals surface area contributed by atoms with Crippen molar-refractivity contribution < 1.29 is 23.8 Å². The van der Waals surface area contributed by atoms with Gasteiger partial charge >= 0.3 is 0 Å². The molecule has 152 valence electrons. The van der Waals surface area contributed by atoms with Crippen LogP contribution in [0, 0.1) is 0 Å². The fourth-order valence-corrected chi connectivity index (χ4v) is 3.11. The van der Waals surface area contributed by atoms with E-state index in [-0.39, 0.29) is 11.5 Å². The van der Waals surface area contributed by atoms with Gasteiger partial charge in [0, 0.05) is 0 Å². The molecule has 0 aliphatic carbocycles. The van der Waals surface area contributed by atoms with Crippen molar-refractivity contribution >= 4 is 10.1 Å². The lowest BCUT2D eigenvalue weighted by Crippen LogP contribution is -2.51. The Morgan fingerprint density at radius 1 is 0.885 bits per heavy atom. The molecule has 1 aromatic carbocycles. The van der Waals surface area contributed by atoms with Crippen LogP contribution in [0.15, 0.2) is 29.2 Å². The fourth-order valence-electron chi connectivity index (χ4n) is 2.64. The summed E-state index contributed by atoms with van der Waals surface area (Å²) in [4.78, 5) is -0.140. The van der Waals surface area contributed by atoms with E-state index in [4.69, 9.17) is 5.11 Å². The normalized spacial score (nSPS) is 11.1. The number of unbranched alkanes of at least 4 members (excludes halogenated alkanes) is 9. The lowest BCUT2D eigenvalue weighted by Gasteiger charge is -2.08. The Bertz CT molecular complexity index is 527. The minimum absolute atomic E-state index is 0.140. The van der Waals surface area contributed by atoms with Gasteiger partial charge in [0.25, 0.3) is 0 Å². The predicted octanol–water partition coefficient (Wildman–Crippen LogP) is 3.27. The van der Waals surface area contributed by atoms with Gasteiger partial charge in [0.15, 0.2) is 0 Å². The van der Waals surface area contributed by atoms with E-state index in [1.807, 2.05) is 0 Å². The van der Waals surface area contributed by atoms with Crippen LogP contribution in [0.5, 0.6) is 0 Å². The van der Waals surface area contributed by atoms with Crippen LogP contribution in [0.25, 0.3) is 0 Å². The molecule has 5 nitrogen and oxygen atoms in total. The summed E-state index contributed by atoms with van der Waals surface area (Å²) in [5, 5.41) is 7.81. The van der Waals surface area contributed by atoms with Crippen LogP contribution in [-0.4, -0.2) is 31.2 Å². The zero-order valence-corrected chi connectivity index (χ0v) is 17.1. The van der Waals surface area contributed by atoms with E-state index in [2.05, 4.69) is 12.7 Å². The molecular weight excluding hydrogens is 350 g/mol. The van der Waals surface area contributed by atoms with E-state index in [0.717, 1.165) is 18.4 Å². The predicted molar refractivity (Wildman–Crippen MR) is 105 cm³/mol. The third-order valence-electron chi connectivity index (χ3n) is 4.19. The minimum atomic E-state index is -4.31. The summed E-state index contributed by atoms with van der Waals surface area (Å²) in [5.74, 6) is 0. The minimum Gasteiger partial charge on any atom is -0.744 e. The quantitative estimate of drug-likeness (QED) is 0.400. The average Bonchev–Trinajstić information content (AvgIpc) is 2.63. The summed E-state index contributed by atoms with van der Waals surface area (Å²) >= 11 is 0. The summed E-state index contributed by atoms with van der Waals surface area (Å²) in [6, 6.07) is 6.32. The number of aliphatic hydroxyl groups is 1. The largest absolute Gasteiger partial charge is 0.744 e. The molecule has 0 spiro atoms. The molecule has 0 aliphatic rings. The highest BCUT2D eigenvalue weighted by Gasteiger charge is 2.01. The molecule has 0 aliphatic heterocycles. The van der Waals surface area contributed by atoms with Crippen LogP contribution in [-0.2, 0) is 16.5 Å². The van der Waals surface area contributed by atoms with Crippen LogP contribution in [0.1, 0.15) is 76.7 Å².